The van der Waals surface area contributed by atoms with Crippen molar-refractivity contribution in [3.8, 4) is 0 Å². The highest BCUT2D eigenvalue weighted by atomic mass is 16.6. The zero-order valence-corrected chi connectivity index (χ0v) is 44.8. The summed E-state index contributed by atoms with van der Waals surface area (Å²) in [6, 6.07) is 0. The highest BCUT2D eigenvalue weighted by molar-refractivity contribution is 5.71. The van der Waals surface area contributed by atoms with Gasteiger partial charge in [0.15, 0.2) is 6.10 Å². The van der Waals surface area contributed by atoms with E-state index in [4.69, 9.17) is 14.2 Å². The summed E-state index contributed by atoms with van der Waals surface area (Å²) in [5.41, 5.74) is 0. The van der Waals surface area contributed by atoms with Gasteiger partial charge in [-0.2, -0.15) is 0 Å². The predicted molar refractivity (Wildman–Crippen MR) is 279 cm³/mol. The minimum absolute atomic E-state index is 0.0638. The third-order valence-corrected chi connectivity index (χ3v) is 13.4. The van der Waals surface area contributed by atoms with Gasteiger partial charge in [-0.05, 0) is 37.0 Å². The normalized spacial score (nSPS) is 12.1. The van der Waals surface area contributed by atoms with Crippen LogP contribution >= 0.6 is 0 Å². The lowest BCUT2D eigenvalue weighted by Gasteiger charge is -2.18. The number of hydrogen-bond acceptors (Lipinski definition) is 6. The fourth-order valence-electron chi connectivity index (χ4n) is 9.00. The summed E-state index contributed by atoms with van der Waals surface area (Å²) in [5, 5.41) is 0. The zero-order chi connectivity index (χ0) is 47.7. The van der Waals surface area contributed by atoms with E-state index in [2.05, 4.69) is 41.5 Å². The van der Waals surface area contributed by atoms with Crippen LogP contribution in [0.3, 0.4) is 0 Å². The predicted octanol–water partition coefficient (Wildman–Crippen LogP) is 19.1. The van der Waals surface area contributed by atoms with Crippen LogP contribution in [-0.4, -0.2) is 37.2 Å². The van der Waals surface area contributed by atoms with Crippen molar-refractivity contribution >= 4 is 17.9 Å². The van der Waals surface area contributed by atoms with Crippen molar-refractivity contribution in [1.82, 2.24) is 0 Å². The lowest BCUT2D eigenvalue weighted by molar-refractivity contribution is -0.167. The molecule has 0 aromatic heterocycles. The van der Waals surface area contributed by atoms with Crippen molar-refractivity contribution < 1.29 is 28.6 Å². The summed E-state index contributed by atoms with van der Waals surface area (Å²) in [4.78, 5) is 38.1. The van der Waals surface area contributed by atoms with E-state index < -0.39 is 6.10 Å². The molecular formula is C59H114O6. The van der Waals surface area contributed by atoms with E-state index in [1.807, 2.05) is 0 Å². The van der Waals surface area contributed by atoms with Gasteiger partial charge < -0.3 is 14.2 Å². The first-order chi connectivity index (χ1) is 31.6. The Balaban J connectivity index is 4.24. The topological polar surface area (TPSA) is 78.9 Å². The Morgan fingerprint density at radius 2 is 0.446 bits per heavy atom. The maximum atomic E-state index is 12.8. The van der Waals surface area contributed by atoms with Crippen LogP contribution in [0.2, 0.25) is 0 Å². The van der Waals surface area contributed by atoms with Crippen LogP contribution in [0.25, 0.3) is 0 Å². The second-order valence-corrected chi connectivity index (χ2v) is 21.7. The zero-order valence-electron chi connectivity index (χ0n) is 44.8. The minimum atomic E-state index is -0.763. The van der Waals surface area contributed by atoms with Crippen LogP contribution in [0.4, 0.5) is 0 Å². The molecule has 6 heteroatoms. The molecule has 65 heavy (non-hydrogen) atoms. The molecule has 0 aliphatic heterocycles. The highest BCUT2D eigenvalue weighted by Gasteiger charge is 2.19. The van der Waals surface area contributed by atoms with Gasteiger partial charge >= 0.3 is 17.9 Å². The first-order valence-electron chi connectivity index (χ1n) is 29.1. The first-order valence-corrected chi connectivity index (χ1v) is 29.1. The summed E-state index contributed by atoms with van der Waals surface area (Å²) in [7, 11) is 0. The van der Waals surface area contributed by atoms with Gasteiger partial charge in [0.25, 0.3) is 0 Å². The molecule has 0 aromatic rings. The van der Waals surface area contributed by atoms with E-state index in [9.17, 15) is 14.4 Å². The molecule has 0 saturated heterocycles. The van der Waals surface area contributed by atoms with Crippen LogP contribution in [-0.2, 0) is 28.6 Å². The number of ether oxygens (including phenoxy) is 3. The fourth-order valence-corrected chi connectivity index (χ4v) is 9.00. The maximum Gasteiger partial charge on any atom is 0.306 e. The second kappa shape index (κ2) is 50.3. The fraction of sp³-hybridized carbons (Fsp3) is 0.949. The van der Waals surface area contributed by atoms with Gasteiger partial charge in [0.05, 0.1) is 0 Å². The quantitative estimate of drug-likeness (QED) is 0.0344. The molecule has 0 N–H and O–H groups in total. The molecule has 0 heterocycles. The van der Waals surface area contributed by atoms with Crippen molar-refractivity contribution in [1.29, 1.82) is 0 Å². The van der Waals surface area contributed by atoms with Gasteiger partial charge in [0.1, 0.15) is 13.2 Å². The van der Waals surface area contributed by atoms with E-state index in [1.54, 1.807) is 0 Å². The summed E-state index contributed by atoms with van der Waals surface area (Å²) in [5.74, 6) is 1.65. The van der Waals surface area contributed by atoms with Gasteiger partial charge in [-0.3, -0.25) is 14.4 Å². The molecule has 0 unspecified atom stereocenters. The van der Waals surface area contributed by atoms with E-state index in [0.717, 1.165) is 75.5 Å². The number of hydrogen-bond donors (Lipinski definition) is 0. The summed E-state index contributed by atoms with van der Waals surface area (Å²) >= 11 is 0. The third-order valence-electron chi connectivity index (χ3n) is 13.4. The smallest absolute Gasteiger partial charge is 0.306 e. The molecule has 0 spiro atoms. The van der Waals surface area contributed by atoms with E-state index in [-0.39, 0.29) is 31.1 Å². The summed E-state index contributed by atoms with van der Waals surface area (Å²) in [6.07, 6.45) is 52.5. The number of rotatable bonds is 52. The SMILES string of the molecule is CC(C)CCCCCCCCCCCCCCCCCCCCC(=O)OC[C@@H](COC(=O)CCCCCCCCCCCC(C)C)OC(=O)CCCCCCCCCCCCCC(C)C. The van der Waals surface area contributed by atoms with Gasteiger partial charge in [0.2, 0.25) is 0 Å². The number of unbranched alkanes of at least 4 members (excludes halogenated alkanes) is 35. The molecule has 386 valence electrons. The molecule has 1 atom stereocenters. The van der Waals surface area contributed by atoms with Gasteiger partial charge in [-0.1, -0.05) is 286 Å². The van der Waals surface area contributed by atoms with Gasteiger partial charge in [-0.15, -0.1) is 0 Å². The molecule has 6 nitrogen and oxygen atoms in total. The van der Waals surface area contributed by atoms with Crippen LogP contribution in [0.5, 0.6) is 0 Å². The molecule has 0 aromatic carbocycles. The first kappa shape index (κ1) is 63.4. The Morgan fingerprint density at radius 3 is 0.662 bits per heavy atom. The molecule has 0 aliphatic rings. The Morgan fingerprint density at radius 1 is 0.262 bits per heavy atom. The van der Waals surface area contributed by atoms with Crippen LogP contribution in [0.15, 0.2) is 0 Å². The monoisotopic (exact) mass is 919 g/mol. The van der Waals surface area contributed by atoms with Crippen LogP contribution in [0.1, 0.15) is 324 Å². The lowest BCUT2D eigenvalue weighted by atomic mass is 10.0. The molecule has 0 radical (unpaired) electrons. The minimum Gasteiger partial charge on any atom is -0.462 e. The molecule has 0 fully saturated rings. The summed E-state index contributed by atoms with van der Waals surface area (Å²) in [6.45, 7) is 13.7. The maximum absolute atomic E-state index is 12.8. The average Bonchev–Trinajstić information content (AvgIpc) is 3.26. The standard InChI is InChI=1S/C59H114O6/c1-53(2)45-39-33-27-21-16-13-11-9-7-8-10-12-14-18-24-30-36-42-48-57(60)63-51-56(52-64-58(61)49-43-37-31-26-20-23-29-35-41-47-55(5)6)65-59(62)50-44-38-32-25-19-15-17-22-28-34-40-46-54(3)4/h53-56H,7-52H2,1-6H3/t56-/m0/s1. The number of esters is 3. The average molecular weight is 920 g/mol. The Labute approximate surface area is 406 Å². The van der Waals surface area contributed by atoms with E-state index >= 15 is 0 Å². The van der Waals surface area contributed by atoms with Crippen molar-refractivity contribution in [3.63, 3.8) is 0 Å². The Kier molecular flexibility index (Phi) is 49.1. The second-order valence-electron chi connectivity index (χ2n) is 21.7. The largest absolute Gasteiger partial charge is 0.462 e. The highest BCUT2D eigenvalue weighted by Crippen LogP contribution is 2.18. The third kappa shape index (κ3) is 53.2. The number of carbonyl (C=O) groups excluding carboxylic acids is 3. The molecule has 0 bridgehead atoms. The van der Waals surface area contributed by atoms with Crippen molar-refractivity contribution in [2.24, 2.45) is 17.8 Å². The lowest BCUT2D eigenvalue weighted by Crippen LogP contribution is -2.30. The van der Waals surface area contributed by atoms with E-state index in [0.29, 0.717) is 19.3 Å². The molecular weight excluding hydrogens is 805 g/mol. The molecule has 0 rings (SSSR count). The van der Waals surface area contributed by atoms with Crippen molar-refractivity contribution in [2.45, 2.75) is 330 Å². The van der Waals surface area contributed by atoms with Crippen molar-refractivity contribution in [3.05, 3.63) is 0 Å². The summed E-state index contributed by atoms with van der Waals surface area (Å²) < 4.78 is 16.9. The molecule has 0 saturated carbocycles. The van der Waals surface area contributed by atoms with E-state index in [1.165, 1.54) is 205 Å². The molecule has 0 amide bonds. The van der Waals surface area contributed by atoms with Gasteiger partial charge in [-0.25, -0.2) is 0 Å². The Hall–Kier alpha value is -1.59. The van der Waals surface area contributed by atoms with Crippen LogP contribution < -0.4 is 0 Å². The van der Waals surface area contributed by atoms with Gasteiger partial charge in [0, 0.05) is 19.3 Å². The number of carbonyl (C=O) groups is 3. The molecule has 0 aliphatic carbocycles. The van der Waals surface area contributed by atoms with Crippen LogP contribution in [0, 0.1) is 17.8 Å². The Bertz CT molecular complexity index is 1010. The van der Waals surface area contributed by atoms with Crippen molar-refractivity contribution in [2.75, 3.05) is 13.2 Å².